The minimum atomic E-state index is 0.160. The second kappa shape index (κ2) is 4.79. The van der Waals surface area contributed by atoms with Gasteiger partial charge in [-0.15, -0.1) is 0 Å². The van der Waals surface area contributed by atoms with E-state index >= 15 is 0 Å². The van der Waals surface area contributed by atoms with Gasteiger partial charge >= 0.3 is 0 Å². The monoisotopic (exact) mass is 216 g/mol. The summed E-state index contributed by atoms with van der Waals surface area (Å²) in [7, 11) is 0. The Bertz CT molecular complexity index is 385. The van der Waals surface area contributed by atoms with Crippen LogP contribution in [0.2, 0.25) is 0 Å². The molecule has 1 unspecified atom stereocenters. The molecule has 0 bridgehead atoms. The summed E-state index contributed by atoms with van der Waals surface area (Å²) < 4.78 is 0. The summed E-state index contributed by atoms with van der Waals surface area (Å²) in [5.41, 5.74) is 1.20. The van der Waals surface area contributed by atoms with Crippen LogP contribution >= 0.6 is 0 Å². The Morgan fingerprint density at radius 3 is 2.94 bits per heavy atom. The van der Waals surface area contributed by atoms with E-state index in [-0.39, 0.29) is 6.04 Å². The molecule has 0 spiro atoms. The van der Waals surface area contributed by atoms with E-state index in [1.165, 1.54) is 5.56 Å². The molecule has 2 rings (SSSR count). The molecule has 1 aliphatic heterocycles. The zero-order valence-electron chi connectivity index (χ0n) is 9.35. The second-order valence-electron chi connectivity index (χ2n) is 3.68. The van der Waals surface area contributed by atoms with E-state index < -0.39 is 0 Å². The van der Waals surface area contributed by atoms with Gasteiger partial charge in [0.2, 0.25) is 5.96 Å². The fourth-order valence-electron chi connectivity index (χ4n) is 1.83. The number of benzene rings is 1. The first-order valence-electron chi connectivity index (χ1n) is 5.52. The Morgan fingerprint density at radius 2 is 2.25 bits per heavy atom. The Kier molecular flexibility index (Phi) is 3.19. The van der Waals surface area contributed by atoms with Crippen LogP contribution in [-0.4, -0.2) is 23.7 Å². The van der Waals surface area contributed by atoms with Gasteiger partial charge in [0, 0.05) is 19.2 Å². The highest BCUT2D eigenvalue weighted by atomic mass is 15.5. The fraction of sp³-hybridized carbons (Fsp3) is 0.333. The summed E-state index contributed by atoms with van der Waals surface area (Å²) in [6.07, 6.45) is 2.72. The second-order valence-corrected chi connectivity index (χ2v) is 3.68. The van der Waals surface area contributed by atoms with Gasteiger partial charge in [-0.25, -0.2) is 5.01 Å². The van der Waals surface area contributed by atoms with E-state index in [4.69, 9.17) is 5.41 Å². The summed E-state index contributed by atoms with van der Waals surface area (Å²) in [5, 5.41) is 16.8. The van der Waals surface area contributed by atoms with Crippen molar-refractivity contribution >= 4 is 12.2 Å². The molecule has 0 saturated carbocycles. The lowest BCUT2D eigenvalue weighted by Crippen LogP contribution is -2.37. The van der Waals surface area contributed by atoms with E-state index in [0.717, 1.165) is 13.0 Å². The third-order valence-corrected chi connectivity index (χ3v) is 2.59. The molecule has 0 fully saturated rings. The number of hydrazone groups is 1. The molecule has 4 heteroatoms. The van der Waals surface area contributed by atoms with Crippen LogP contribution in [-0.2, 0) is 0 Å². The van der Waals surface area contributed by atoms with E-state index in [0.29, 0.717) is 5.96 Å². The summed E-state index contributed by atoms with van der Waals surface area (Å²) in [6, 6.07) is 10.3. The van der Waals surface area contributed by atoms with Crippen LogP contribution in [0.4, 0.5) is 0 Å². The van der Waals surface area contributed by atoms with Crippen LogP contribution in [0.5, 0.6) is 0 Å². The maximum absolute atomic E-state index is 7.87. The first kappa shape index (κ1) is 10.7. The minimum absolute atomic E-state index is 0.160. The van der Waals surface area contributed by atoms with Gasteiger partial charge in [0.1, 0.15) is 0 Å². The van der Waals surface area contributed by atoms with Crippen molar-refractivity contribution in [1.29, 1.82) is 5.41 Å². The molecule has 0 saturated heterocycles. The number of nitrogens with one attached hydrogen (secondary N) is 2. The molecular formula is C12H16N4. The van der Waals surface area contributed by atoms with Gasteiger partial charge in [-0.2, -0.15) is 5.10 Å². The highest BCUT2D eigenvalue weighted by Gasteiger charge is 2.25. The molecule has 1 aromatic carbocycles. The van der Waals surface area contributed by atoms with Gasteiger partial charge in [-0.05, 0) is 12.5 Å². The third kappa shape index (κ3) is 2.05. The van der Waals surface area contributed by atoms with Crippen molar-refractivity contribution in [3.8, 4) is 0 Å². The minimum Gasteiger partial charge on any atom is -0.355 e. The first-order chi connectivity index (χ1) is 7.83. The van der Waals surface area contributed by atoms with Gasteiger partial charge in [0.15, 0.2) is 0 Å². The lowest BCUT2D eigenvalue weighted by molar-refractivity contribution is 0.354. The highest BCUT2D eigenvalue weighted by molar-refractivity contribution is 5.80. The van der Waals surface area contributed by atoms with Crippen LogP contribution in [0, 0.1) is 5.41 Å². The van der Waals surface area contributed by atoms with Gasteiger partial charge < -0.3 is 5.32 Å². The van der Waals surface area contributed by atoms with Crippen molar-refractivity contribution in [3.05, 3.63) is 35.9 Å². The van der Waals surface area contributed by atoms with Crippen molar-refractivity contribution in [2.45, 2.75) is 19.4 Å². The molecule has 0 amide bonds. The lowest BCUT2D eigenvalue weighted by Gasteiger charge is -2.24. The van der Waals surface area contributed by atoms with Crippen molar-refractivity contribution in [2.24, 2.45) is 5.10 Å². The van der Waals surface area contributed by atoms with E-state index in [1.807, 2.05) is 31.3 Å². The van der Waals surface area contributed by atoms with Crippen LogP contribution < -0.4 is 5.32 Å². The standard InChI is InChI=1S/C12H16N4/c1-2-14-12(13)16-11(8-9-15-16)10-6-4-3-5-7-10/h3-7,9,11H,2,8H2,1H3,(H2,13,14). The molecule has 0 aliphatic carbocycles. The van der Waals surface area contributed by atoms with E-state index in [2.05, 4.69) is 22.6 Å². The van der Waals surface area contributed by atoms with Crippen molar-refractivity contribution in [3.63, 3.8) is 0 Å². The zero-order chi connectivity index (χ0) is 11.4. The molecule has 1 heterocycles. The van der Waals surface area contributed by atoms with Crippen molar-refractivity contribution in [1.82, 2.24) is 10.3 Å². The van der Waals surface area contributed by atoms with Gasteiger partial charge in [0.05, 0.1) is 6.04 Å². The molecule has 0 radical (unpaired) electrons. The van der Waals surface area contributed by atoms with Gasteiger partial charge in [0.25, 0.3) is 0 Å². The van der Waals surface area contributed by atoms with Crippen LogP contribution in [0.1, 0.15) is 24.9 Å². The van der Waals surface area contributed by atoms with Crippen LogP contribution in [0.15, 0.2) is 35.4 Å². The van der Waals surface area contributed by atoms with Gasteiger partial charge in [-0.1, -0.05) is 30.3 Å². The van der Waals surface area contributed by atoms with E-state index in [1.54, 1.807) is 5.01 Å². The Hall–Kier alpha value is -1.84. The molecule has 0 aromatic heterocycles. The first-order valence-corrected chi connectivity index (χ1v) is 5.52. The number of guanidine groups is 1. The molecular weight excluding hydrogens is 200 g/mol. The average Bonchev–Trinajstić information content (AvgIpc) is 2.79. The Labute approximate surface area is 95.5 Å². The van der Waals surface area contributed by atoms with Crippen LogP contribution in [0.25, 0.3) is 0 Å². The normalized spacial score (nSPS) is 18.8. The van der Waals surface area contributed by atoms with Crippen molar-refractivity contribution < 1.29 is 0 Å². The Balaban J connectivity index is 2.14. The number of rotatable bonds is 2. The lowest BCUT2D eigenvalue weighted by atomic mass is 10.1. The fourth-order valence-corrected chi connectivity index (χ4v) is 1.83. The summed E-state index contributed by atoms with van der Waals surface area (Å²) in [5.74, 6) is 0.366. The van der Waals surface area contributed by atoms with Crippen molar-refractivity contribution in [2.75, 3.05) is 6.54 Å². The van der Waals surface area contributed by atoms with E-state index in [9.17, 15) is 0 Å². The molecule has 4 nitrogen and oxygen atoms in total. The highest BCUT2D eigenvalue weighted by Crippen LogP contribution is 2.27. The number of nitrogens with zero attached hydrogens (tertiary/aromatic N) is 2. The van der Waals surface area contributed by atoms with Crippen LogP contribution in [0.3, 0.4) is 0 Å². The predicted molar refractivity (Wildman–Crippen MR) is 65.5 cm³/mol. The molecule has 2 N–H and O–H groups in total. The quantitative estimate of drug-likeness (QED) is 0.586. The topological polar surface area (TPSA) is 51.5 Å². The molecule has 1 aromatic rings. The largest absolute Gasteiger partial charge is 0.355 e. The van der Waals surface area contributed by atoms with Gasteiger partial charge in [-0.3, -0.25) is 5.41 Å². The zero-order valence-corrected chi connectivity index (χ0v) is 9.35. The summed E-state index contributed by atoms with van der Waals surface area (Å²) >= 11 is 0. The number of hydrogen-bond donors (Lipinski definition) is 2. The summed E-state index contributed by atoms with van der Waals surface area (Å²) in [6.45, 7) is 2.72. The maximum atomic E-state index is 7.87. The smallest absolute Gasteiger partial charge is 0.212 e. The molecule has 1 aliphatic rings. The molecule has 16 heavy (non-hydrogen) atoms. The SMILES string of the molecule is CCNC(=N)N1N=CCC1c1ccccc1. The predicted octanol–water partition coefficient (Wildman–Crippen LogP) is 1.96. The number of hydrogen-bond acceptors (Lipinski definition) is 2. The average molecular weight is 216 g/mol. The molecule has 84 valence electrons. The Morgan fingerprint density at radius 1 is 1.50 bits per heavy atom. The third-order valence-electron chi connectivity index (χ3n) is 2.59. The summed E-state index contributed by atoms with van der Waals surface area (Å²) in [4.78, 5) is 0. The maximum Gasteiger partial charge on any atom is 0.212 e. The molecule has 1 atom stereocenters.